The average molecular weight is 300 g/mol. The number of fused-ring (bicyclic) bond motifs is 2. The molecule has 0 spiro atoms. The van der Waals surface area contributed by atoms with Crippen molar-refractivity contribution in [2.45, 2.75) is 19.0 Å². The molecule has 0 aromatic heterocycles. The summed E-state index contributed by atoms with van der Waals surface area (Å²) in [6, 6.07) is 15.3. The molecule has 1 atom stereocenters. The number of nitrogens with zero attached hydrogens (tertiary/aromatic N) is 1. The number of rotatable bonds is 5. The van der Waals surface area contributed by atoms with E-state index in [4.69, 9.17) is 0 Å². The van der Waals surface area contributed by atoms with Crippen LogP contribution < -0.4 is 5.32 Å². The lowest BCUT2D eigenvalue weighted by Crippen LogP contribution is -2.16. The van der Waals surface area contributed by atoms with E-state index in [1.54, 1.807) is 0 Å². The van der Waals surface area contributed by atoms with Gasteiger partial charge in [-0.3, -0.25) is 4.99 Å². The third-order valence-electron chi connectivity index (χ3n) is 4.53. The van der Waals surface area contributed by atoms with Crippen molar-refractivity contribution in [3.05, 3.63) is 83.5 Å². The van der Waals surface area contributed by atoms with Gasteiger partial charge in [-0.25, -0.2) is 0 Å². The van der Waals surface area contributed by atoms with Crippen molar-refractivity contribution in [2.24, 2.45) is 4.99 Å². The molecule has 0 saturated carbocycles. The van der Waals surface area contributed by atoms with Crippen LogP contribution in [0.2, 0.25) is 0 Å². The zero-order valence-electron chi connectivity index (χ0n) is 13.1. The molecule has 2 aromatic carbocycles. The SMILES string of the molecule is C1=CC2=C(CCNCc3cccc4ccccc34)C=NC2C=C1. The van der Waals surface area contributed by atoms with E-state index in [1.165, 1.54) is 27.5 Å². The summed E-state index contributed by atoms with van der Waals surface area (Å²) in [6.07, 6.45) is 11.6. The first-order valence-electron chi connectivity index (χ1n) is 8.20. The zero-order chi connectivity index (χ0) is 15.5. The normalized spacial score (nSPS) is 18.9. The van der Waals surface area contributed by atoms with Crippen molar-refractivity contribution in [3.63, 3.8) is 0 Å². The van der Waals surface area contributed by atoms with E-state index in [9.17, 15) is 0 Å². The number of benzene rings is 2. The van der Waals surface area contributed by atoms with Gasteiger partial charge in [-0.05, 0) is 40.4 Å². The van der Waals surface area contributed by atoms with Gasteiger partial charge in [-0.2, -0.15) is 0 Å². The maximum Gasteiger partial charge on any atom is 0.0936 e. The van der Waals surface area contributed by atoms with Crippen molar-refractivity contribution in [3.8, 4) is 0 Å². The van der Waals surface area contributed by atoms with Crippen LogP contribution in [0.25, 0.3) is 10.8 Å². The first-order chi connectivity index (χ1) is 11.4. The molecule has 0 saturated heterocycles. The van der Waals surface area contributed by atoms with Crippen LogP contribution in [0.1, 0.15) is 12.0 Å². The second-order valence-corrected chi connectivity index (χ2v) is 6.01. The Balaban J connectivity index is 1.38. The lowest BCUT2D eigenvalue weighted by Gasteiger charge is -2.11. The molecule has 0 radical (unpaired) electrons. The summed E-state index contributed by atoms with van der Waals surface area (Å²) in [5.74, 6) is 0. The standard InChI is InChI=1S/C21H20N2/c1-2-9-19-16(6-1)7-5-8-17(19)14-22-13-12-18-15-23-21-11-4-3-10-20(18)21/h1-11,15,21-22H,12-14H2. The fraction of sp³-hybridized carbons (Fsp3) is 0.190. The van der Waals surface area contributed by atoms with E-state index in [2.05, 4.69) is 77.1 Å². The molecular weight excluding hydrogens is 280 g/mol. The van der Waals surface area contributed by atoms with E-state index in [-0.39, 0.29) is 6.04 Å². The molecule has 1 aliphatic heterocycles. The molecule has 0 fully saturated rings. The Labute approximate surface area is 136 Å². The van der Waals surface area contributed by atoms with E-state index in [1.807, 2.05) is 6.21 Å². The quantitative estimate of drug-likeness (QED) is 0.822. The Morgan fingerprint density at radius 1 is 1.00 bits per heavy atom. The van der Waals surface area contributed by atoms with Crippen LogP contribution in [0.5, 0.6) is 0 Å². The molecule has 0 bridgehead atoms. The highest BCUT2D eigenvalue weighted by Crippen LogP contribution is 2.25. The Morgan fingerprint density at radius 3 is 2.91 bits per heavy atom. The molecule has 23 heavy (non-hydrogen) atoms. The maximum absolute atomic E-state index is 4.55. The van der Waals surface area contributed by atoms with Crippen LogP contribution in [0, 0.1) is 0 Å². The largest absolute Gasteiger partial charge is 0.312 e. The second-order valence-electron chi connectivity index (χ2n) is 6.01. The fourth-order valence-electron chi connectivity index (χ4n) is 3.30. The molecule has 2 aliphatic rings. The third kappa shape index (κ3) is 2.90. The van der Waals surface area contributed by atoms with Crippen LogP contribution in [0.4, 0.5) is 0 Å². The predicted molar refractivity (Wildman–Crippen MR) is 97.9 cm³/mol. The van der Waals surface area contributed by atoms with Crippen molar-refractivity contribution in [2.75, 3.05) is 6.54 Å². The molecule has 2 aromatic rings. The second kappa shape index (κ2) is 6.35. The van der Waals surface area contributed by atoms with E-state index < -0.39 is 0 Å². The van der Waals surface area contributed by atoms with Crippen LogP contribution in [0.3, 0.4) is 0 Å². The predicted octanol–water partition coefficient (Wildman–Crippen LogP) is 4.20. The lowest BCUT2D eigenvalue weighted by atomic mass is 9.98. The van der Waals surface area contributed by atoms with Gasteiger partial charge in [0, 0.05) is 12.8 Å². The van der Waals surface area contributed by atoms with Gasteiger partial charge in [0.25, 0.3) is 0 Å². The molecule has 0 amide bonds. The molecule has 2 nitrogen and oxygen atoms in total. The molecular formula is C21H20N2. The Morgan fingerprint density at radius 2 is 1.91 bits per heavy atom. The van der Waals surface area contributed by atoms with Crippen molar-refractivity contribution in [1.29, 1.82) is 0 Å². The highest BCUT2D eigenvalue weighted by Gasteiger charge is 2.18. The topological polar surface area (TPSA) is 24.4 Å². The highest BCUT2D eigenvalue weighted by molar-refractivity contribution is 5.86. The zero-order valence-corrected chi connectivity index (χ0v) is 13.1. The van der Waals surface area contributed by atoms with E-state index >= 15 is 0 Å². The number of nitrogens with one attached hydrogen (secondary N) is 1. The summed E-state index contributed by atoms with van der Waals surface area (Å²) in [4.78, 5) is 4.55. The van der Waals surface area contributed by atoms with Gasteiger partial charge in [0.05, 0.1) is 6.04 Å². The molecule has 2 heteroatoms. The highest BCUT2D eigenvalue weighted by atomic mass is 14.9. The fourth-order valence-corrected chi connectivity index (χ4v) is 3.30. The van der Waals surface area contributed by atoms with Crippen molar-refractivity contribution >= 4 is 17.0 Å². The summed E-state index contributed by atoms with van der Waals surface area (Å²) in [5, 5.41) is 6.23. The number of hydrogen-bond donors (Lipinski definition) is 1. The monoisotopic (exact) mass is 300 g/mol. The lowest BCUT2D eigenvalue weighted by molar-refractivity contribution is 0.693. The summed E-state index contributed by atoms with van der Waals surface area (Å²) >= 11 is 0. The van der Waals surface area contributed by atoms with Gasteiger partial charge < -0.3 is 5.32 Å². The number of hydrogen-bond acceptors (Lipinski definition) is 2. The molecule has 1 aliphatic carbocycles. The van der Waals surface area contributed by atoms with Crippen LogP contribution >= 0.6 is 0 Å². The van der Waals surface area contributed by atoms with Crippen LogP contribution in [0.15, 0.2) is 82.9 Å². The number of aliphatic imine (C=N–C) groups is 1. The van der Waals surface area contributed by atoms with E-state index in [0.717, 1.165) is 19.5 Å². The van der Waals surface area contributed by atoms with Crippen LogP contribution in [-0.2, 0) is 6.54 Å². The molecule has 1 unspecified atom stereocenters. The minimum atomic E-state index is 0.257. The maximum atomic E-state index is 4.55. The van der Waals surface area contributed by atoms with E-state index in [0.29, 0.717) is 0 Å². The molecule has 4 rings (SSSR count). The number of allylic oxidation sites excluding steroid dienone is 2. The Kier molecular flexibility index (Phi) is 3.91. The third-order valence-corrected chi connectivity index (χ3v) is 4.53. The van der Waals surface area contributed by atoms with Gasteiger partial charge in [0.1, 0.15) is 0 Å². The van der Waals surface area contributed by atoms with Gasteiger partial charge >= 0.3 is 0 Å². The minimum Gasteiger partial charge on any atom is -0.312 e. The van der Waals surface area contributed by atoms with Gasteiger partial charge in [-0.15, -0.1) is 0 Å². The van der Waals surface area contributed by atoms with Gasteiger partial charge in [-0.1, -0.05) is 66.8 Å². The Bertz CT molecular complexity index is 835. The van der Waals surface area contributed by atoms with Gasteiger partial charge in [0.2, 0.25) is 0 Å². The first-order valence-corrected chi connectivity index (χ1v) is 8.20. The molecule has 1 N–H and O–H groups in total. The van der Waals surface area contributed by atoms with Crippen LogP contribution in [-0.4, -0.2) is 18.8 Å². The van der Waals surface area contributed by atoms with Gasteiger partial charge in [0.15, 0.2) is 0 Å². The van der Waals surface area contributed by atoms with Crippen molar-refractivity contribution in [1.82, 2.24) is 5.32 Å². The summed E-state index contributed by atoms with van der Waals surface area (Å²) in [7, 11) is 0. The smallest absolute Gasteiger partial charge is 0.0936 e. The Hall–Kier alpha value is -2.45. The molecule has 1 heterocycles. The minimum absolute atomic E-state index is 0.257. The summed E-state index contributed by atoms with van der Waals surface area (Å²) < 4.78 is 0. The summed E-state index contributed by atoms with van der Waals surface area (Å²) in [5.41, 5.74) is 4.08. The summed E-state index contributed by atoms with van der Waals surface area (Å²) in [6.45, 7) is 1.87. The first kappa shape index (κ1) is 14.2. The average Bonchev–Trinajstić information content (AvgIpc) is 3.02. The molecule has 114 valence electrons. The van der Waals surface area contributed by atoms with Crippen molar-refractivity contribution < 1.29 is 0 Å².